The van der Waals surface area contributed by atoms with E-state index in [0.29, 0.717) is 5.56 Å². The summed E-state index contributed by atoms with van der Waals surface area (Å²) in [5.74, 6) is -2.42. The number of rotatable bonds is 2. The molecule has 0 saturated carbocycles. The van der Waals surface area contributed by atoms with Crippen molar-refractivity contribution in [2.45, 2.75) is 33.1 Å². The van der Waals surface area contributed by atoms with Gasteiger partial charge in [-0.15, -0.1) is 0 Å². The zero-order valence-corrected chi connectivity index (χ0v) is 10.4. The highest BCUT2D eigenvalue weighted by Crippen LogP contribution is 2.27. The summed E-state index contributed by atoms with van der Waals surface area (Å²) in [5, 5.41) is 18.1. The first-order valence-corrected chi connectivity index (χ1v) is 5.26. The van der Waals surface area contributed by atoms with Gasteiger partial charge in [0, 0.05) is 0 Å². The molecule has 1 aromatic carbocycles. The summed E-state index contributed by atoms with van der Waals surface area (Å²) in [6.45, 7) is 7.47. The number of aromatic carboxylic acids is 2. The second kappa shape index (κ2) is 4.20. The van der Waals surface area contributed by atoms with Crippen LogP contribution in [-0.2, 0) is 5.41 Å². The highest BCUT2D eigenvalue weighted by atomic mass is 16.4. The molecule has 0 fully saturated rings. The van der Waals surface area contributed by atoms with Crippen LogP contribution in [0, 0.1) is 6.92 Å². The fraction of sp³-hybridized carbons (Fsp3) is 0.385. The van der Waals surface area contributed by atoms with Gasteiger partial charge in [-0.25, -0.2) is 9.59 Å². The van der Waals surface area contributed by atoms with Gasteiger partial charge < -0.3 is 10.2 Å². The molecule has 0 aliphatic carbocycles. The highest BCUT2D eigenvalue weighted by Gasteiger charge is 2.23. The molecule has 92 valence electrons. The molecule has 1 aromatic rings. The Hall–Kier alpha value is -1.84. The Morgan fingerprint density at radius 1 is 1.06 bits per heavy atom. The largest absolute Gasteiger partial charge is 0.478 e. The van der Waals surface area contributed by atoms with E-state index in [1.54, 1.807) is 13.0 Å². The topological polar surface area (TPSA) is 74.6 Å². The van der Waals surface area contributed by atoms with Crippen molar-refractivity contribution in [3.63, 3.8) is 0 Å². The maximum atomic E-state index is 11.1. The van der Waals surface area contributed by atoms with Gasteiger partial charge in [0.1, 0.15) is 0 Å². The van der Waals surface area contributed by atoms with E-state index in [2.05, 4.69) is 0 Å². The first-order chi connectivity index (χ1) is 7.64. The third-order valence-corrected chi connectivity index (χ3v) is 2.65. The molecule has 1 rings (SSSR count). The zero-order valence-electron chi connectivity index (χ0n) is 10.4. The third-order valence-electron chi connectivity index (χ3n) is 2.65. The molecule has 0 aliphatic heterocycles. The molecule has 0 radical (unpaired) electrons. The Bertz CT molecular complexity index is 481. The molecule has 4 heteroatoms. The molecule has 2 N–H and O–H groups in total. The van der Waals surface area contributed by atoms with E-state index in [4.69, 9.17) is 10.2 Å². The molecule has 17 heavy (non-hydrogen) atoms. The van der Waals surface area contributed by atoms with Gasteiger partial charge in [-0.2, -0.15) is 0 Å². The number of carboxylic acid groups (broad SMARTS) is 2. The van der Waals surface area contributed by atoms with Crippen LogP contribution in [0.3, 0.4) is 0 Å². The minimum atomic E-state index is -1.21. The fourth-order valence-electron chi connectivity index (χ4n) is 1.67. The number of hydrogen-bond acceptors (Lipinski definition) is 2. The average Bonchev–Trinajstić information content (AvgIpc) is 2.13. The van der Waals surface area contributed by atoms with Crippen LogP contribution in [0.25, 0.3) is 0 Å². The minimum absolute atomic E-state index is 0.134. The van der Waals surface area contributed by atoms with E-state index < -0.39 is 11.9 Å². The highest BCUT2D eigenvalue weighted by molar-refractivity contribution is 6.03. The molecule has 0 aromatic heterocycles. The van der Waals surface area contributed by atoms with E-state index in [1.165, 1.54) is 6.07 Å². The van der Waals surface area contributed by atoms with Crippen molar-refractivity contribution in [3.8, 4) is 0 Å². The summed E-state index contributed by atoms with van der Waals surface area (Å²) in [6.07, 6.45) is 0. The van der Waals surface area contributed by atoms with Crippen LogP contribution < -0.4 is 0 Å². The molecule has 4 nitrogen and oxygen atoms in total. The third kappa shape index (κ3) is 2.64. The van der Waals surface area contributed by atoms with Crippen LogP contribution >= 0.6 is 0 Å². The van der Waals surface area contributed by atoms with Crippen molar-refractivity contribution in [2.75, 3.05) is 0 Å². The number of aryl methyl sites for hydroxylation is 1. The number of carboxylic acids is 2. The molecule has 0 bridgehead atoms. The van der Waals surface area contributed by atoms with Crippen molar-refractivity contribution >= 4 is 11.9 Å². The summed E-state index contributed by atoms with van der Waals surface area (Å²) in [5.41, 5.74) is 0.791. The van der Waals surface area contributed by atoms with Gasteiger partial charge in [0.05, 0.1) is 11.1 Å². The zero-order chi connectivity index (χ0) is 13.4. The molecule has 0 unspecified atom stereocenters. The van der Waals surface area contributed by atoms with E-state index >= 15 is 0 Å². The summed E-state index contributed by atoms with van der Waals surface area (Å²) < 4.78 is 0. The van der Waals surface area contributed by atoms with Gasteiger partial charge in [-0.3, -0.25) is 0 Å². The van der Waals surface area contributed by atoms with Crippen molar-refractivity contribution in [1.29, 1.82) is 0 Å². The molecular formula is C13H16O4. The van der Waals surface area contributed by atoms with E-state index in [0.717, 1.165) is 5.56 Å². The Morgan fingerprint density at radius 3 is 1.94 bits per heavy atom. The maximum Gasteiger partial charge on any atom is 0.336 e. The van der Waals surface area contributed by atoms with Crippen molar-refractivity contribution in [3.05, 3.63) is 34.4 Å². The predicted molar refractivity (Wildman–Crippen MR) is 63.8 cm³/mol. The Kier molecular flexibility index (Phi) is 3.27. The summed E-state index contributed by atoms with van der Waals surface area (Å²) in [4.78, 5) is 22.1. The quantitative estimate of drug-likeness (QED) is 0.827. The van der Waals surface area contributed by atoms with Gasteiger partial charge >= 0.3 is 11.9 Å². The van der Waals surface area contributed by atoms with Gasteiger partial charge in [0.15, 0.2) is 0 Å². The molecule has 0 aliphatic rings. The maximum absolute atomic E-state index is 11.1. The first-order valence-electron chi connectivity index (χ1n) is 5.26. The van der Waals surface area contributed by atoms with Crippen LogP contribution in [0.4, 0.5) is 0 Å². The molecule has 0 heterocycles. The summed E-state index contributed by atoms with van der Waals surface area (Å²) in [6, 6.07) is 3.18. The van der Waals surface area contributed by atoms with Crippen LogP contribution in [0.2, 0.25) is 0 Å². The lowest BCUT2D eigenvalue weighted by Crippen LogP contribution is -2.16. The number of carbonyl (C=O) groups is 2. The van der Waals surface area contributed by atoms with Gasteiger partial charge in [-0.1, -0.05) is 26.8 Å². The lowest BCUT2D eigenvalue weighted by atomic mass is 9.83. The SMILES string of the molecule is Cc1cc(C(C)(C)C)cc(C(=O)O)c1C(=O)O. The Labute approximate surface area is 99.9 Å². The summed E-state index contributed by atoms with van der Waals surface area (Å²) in [7, 11) is 0. The molecule has 0 atom stereocenters. The smallest absolute Gasteiger partial charge is 0.336 e. The lowest BCUT2D eigenvalue weighted by molar-refractivity contribution is 0.0650. The number of hydrogen-bond donors (Lipinski definition) is 2. The monoisotopic (exact) mass is 236 g/mol. The van der Waals surface area contributed by atoms with Crippen LogP contribution in [0.15, 0.2) is 12.1 Å². The Balaban J connectivity index is 3.58. The van der Waals surface area contributed by atoms with Crippen molar-refractivity contribution in [1.82, 2.24) is 0 Å². The molecular weight excluding hydrogens is 220 g/mol. The second-order valence-electron chi connectivity index (χ2n) is 5.08. The van der Waals surface area contributed by atoms with Crippen LogP contribution in [0.5, 0.6) is 0 Å². The van der Waals surface area contributed by atoms with Crippen molar-refractivity contribution in [2.24, 2.45) is 0 Å². The molecule has 0 amide bonds. The average molecular weight is 236 g/mol. The molecule has 0 spiro atoms. The fourth-order valence-corrected chi connectivity index (χ4v) is 1.67. The normalized spacial score (nSPS) is 11.3. The van der Waals surface area contributed by atoms with Gasteiger partial charge in [0.25, 0.3) is 0 Å². The summed E-state index contributed by atoms with van der Waals surface area (Å²) >= 11 is 0. The van der Waals surface area contributed by atoms with Gasteiger partial charge in [0.2, 0.25) is 0 Å². The predicted octanol–water partition coefficient (Wildman–Crippen LogP) is 2.69. The van der Waals surface area contributed by atoms with E-state index in [-0.39, 0.29) is 16.5 Å². The van der Waals surface area contributed by atoms with Gasteiger partial charge in [-0.05, 0) is 29.5 Å². The minimum Gasteiger partial charge on any atom is -0.478 e. The van der Waals surface area contributed by atoms with Crippen molar-refractivity contribution < 1.29 is 19.8 Å². The lowest BCUT2D eigenvalue weighted by Gasteiger charge is -2.21. The Morgan fingerprint density at radius 2 is 1.59 bits per heavy atom. The van der Waals surface area contributed by atoms with Crippen LogP contribution in [-0.4, -0.2) is 22.2 Å². The van der Waals surface area contributed by atoms with Crippen LogP contribution in [0.1, 0.15) is 52.6 Å². The van der Waals surface area contributed by atoms with E-state index in [9.17, 15) is 9.59 Å². The number of benzene rings is 1. The standard InChI is InChI=1S/C13H16O4/c1-7-5-8(13(2,3)4)6-9(11(14)15)10(7)12(16)17/h5-6H,1-4H3,(H,14,15)(H,16,17). The second-order valence-corrected chi connectivity index (χ2v) is 5.08. The first kappa shape index (κ1) is 13.2. The molecule has 0 saturated heterocycles. The van der Waals surface area contributed by atoms with E-state index in [1.807, 2.05) is 20.8 Å².